The molecule has 0 aliphatic rings. The minimum Gasteiger partial charge on any atom is -0.481 e. The summed E-state index contributed by atoms with van der Waals surface area (Å²) in [5, 5.41) is 14.3. The van der Waals surface area contributed by atoms with E-state index in [-0.39, 0.29) is 6.03 Å². The predicted molar refractivity (Wildman–Crippen MR) is 74.9 cm³/mol. The van der Waals surface area contributed by atoms with Gasteiger partial charge in [-0.2, -0.15) is 0 Å². The Morgan fingerprint density at radius 2 is 1.95 bits per heavy atom. The largest absolute Gasteiger partial charge is 0.481 e. The molecule has 0 saturated carbocycles. The van der Waals surface area contributed by atoms with Crippen molar-refractivity contribution in [3.05, 3.63) is 29.8 Å². The fourth-order valence-corrected chi connectivity index (χ4v) is 1.78. The van der Waals surface area contributed by atoms with Crippen molar-refractivity contribution in [2.75, 3.05) is 17.7 Å². The minimum atomic E-state index is -0.844. The van der Waals surface area contributed by atoms with Crippen molar-refractivity contribution in [2.24, 2.45) is 0 Å². The highest BCUT2D eigenvalue weighted by molar-refractivity contribution is 6.18. The number of urea groups is 1. The number of anilines is 1. The van der Waals surface area contributed by atoms with Crippen molar-refractivity contribution in [1.29, 1.82) is 0 Å². The predicted octanol–water partition coefficient (Wildman–Crippen LogP) is 2.63. The molecule has 0 saturated heterocycles. The van der Waals surface area contributed by atoms with Crippen LogP contribution in [0, 0.1) is 0 Å². The molecule has 0 unspecified atom stereocenters. The number of aliphatic carboxylic acids is 1. The van der Waals surface area contributed by atoms with E-state index < -0.39 is 11.9 Å². The maximum Gasteiger partial charge on any atom is 0.319 e. The van der Waals surface area contributed by atoms with Crippen LogP contribution in [0.15, 0.2) is 24.3 Å². The number of rotatable bonds is 6. The molecular weight excluding hydrogens is 268 g/mol. The summed E-state index contributed by atoms with van der Waals surface area (Å²) < 4.78 is 0. The van der Waals surface area contributed by atoms with Crippen molar-refractivity contribution < 1.29 is 14.7 Å². The molecule has 1 aromatic rings. The molecule has 0 aromatic heterocycles. The summed E-state index contributed by atoms with van der Waals surface area (Å²) in [4.78, 5) is 22.4. The Labute approximate surface area is 117 Å². The van der Waals surface area contributed by atoms with Gasteiger partial charge >= 0.3 is 12.0 Å². The lowest BCUT2D eigenvalue weighted by Gasteiger charge is -2.11. The third-order valence-corrected chi connectivity index (χ3v) is 2.85. The maximum absolute atomic E-state index is 11.4. The van der Waals surface area contributed by atoms with E-state index in [0.29, 0.717) is 24.5 Å². The van der Waals surface area contributed by atoms with E-state index in [4.69, 9.17) is 16.7 Å². The molecule has 3 N–H and O–H groups in total. The molecule has 6 heteroatoms. The van der Waals surface area contributed by atoms with Crippen molar-refractivity contribution in [2.45, 2.75) is 19.3 Å². The number of alkyl halides is 1. The van der Waals surface area contributed by atoms with E-state index >= 15 is 0 Å². The highest BCUT2D eigenvalue weighted by Crippen LogP contribution is 2.21. The van der Waals surface area contributed by atoms with Gasteiger partial charge in [-0.1, -0.05) is 19.1 Å². The molecule has 0 aliphatic carbocycles. The summed E-state index contributed by atoms with van der Waals surface area (Å²) in [6.07, 6.45) is 0.526. The van der Waals surface area contributed by atoms with Crippen LogP contribution >= 0.6 is 11.6 Å². The van der Waals surface area contributed by atoms with Gasteiger partial charge in [0.2, 0.25) is 0 Å². The van der Waals surface area contributed by atoms with Gasteiger partial charge in [-0.15, -0.1) is 11.6 Å². The lowest BCUT2D eigenvalue weighted by Crippen LogP contribution is -2.30. The van der Waals surface area contributed by atoms with Crippen molar-refractivity contribution in [3.8, 4) is 0 Å². The Morgan fingerprint density at radius 1 is 1.32 bits per heavy atom. The molecule has 1 rings (SSSR count). The fourth-order valence-electron chi connectivity index (χ4n) is 1.69. The minimum absolute atomic E-state index is 0.335. The van der Waals surface area contributed by atoms with Crippen LogP contribution < -0.4 is 10.6 Å². The van der Waals surface area contributed by atoms with Crippen LogP contribution in [0.4, 0.5) is 10.5 Å². The molecular formula is C13H17ClN2O3. The summed E-state index contributed by atoms with van der Waals surface area (Å²) in [5.41, 5.74) is 1.33. The average Bonchev–Trinajstić information content (AvgIpc) is 2.39. The average molecular weight is 285 g/mol. The Morgan fingerprint density at radius 3 is 2.42 bits per heavy atom. The zero-order valence-corrected chi connectivity index (χ0v) is 11.4. The van der Waals surface area contributed by atoms with E-state index in [1.54, 1.807) is 24.3 Å². The molecule has 0 spiro atoms. The number of carbonyl (C=O) groups is 2. The van der Waals surface area contributed by atoms with Crippen LogP contribution in [0.1, 0.15) is 24.8 Å². The topological polar surface area (TPSA) is 78.4 Å². The normalized spacial score (nSPS) is 11.7. The first-order chi connectivity index (χ1) is 9.08. The van der Waals surface area contributed by atoms with Gasteiger partial charge in [0, 0.05) is 18.1 Å². The SMILES string of the molecule is CC[C@@H](C(=O)O)c1ccc(NC(=O)NCCCl)cc1. The number of hydrogen-bond donors (Lipinski definition) is 3. The van der Waals surface area contributed by atoms with Gasteiger partial charge in [0.15, 0.2) is 0 Å². The standard InChI is InChI=1S/C13H17ClN2O3/c1-2-11(12(17)18)9-3-5-10(6-4-9)16-13(19)15-8-7-14/h3-6,11H,2,7-8H2,1H3,(H,17,18)(H2,15,16,19)/t11-/m1/s1. The number of halogens is 1. The van der Waals surface area contributed by atoms with Gasteiger partial charge in [-0.3, -0.25) is 4.79 Å². The fraction of sp³-hybridized carbons (Fsp3) is 0.385. The Balaban J connectivity index is 2.65. The molecule has 0 fully saturated rings. The second-order valence-electron chi connectivity index (χ2n) is 3.99. The second kappa shape index (κ2) is 7.63. The van der Waals surface area contributed by atoms with Crippen molar-refractivity contribution in [3.63, 3.8) is 0 Å². The van der Waals surface area contributed by atoms with E-state index in [1.165, 1.54) is 0 Å². The Kier molecular flexibility index (Phi) is 6.15. The molecule has 2 amide bonds. The third kappa shape index (κ3) is 4.79. The summed E-state index contributed by atoms with van der Waals surface area (Å²) in [6, 6.07) is 6.44. The molecule has 1 aromatic carbocycles. The zero-order chi connectivity index (χ0) is 14.3. The first-order valence-corrected chi connectivity index (χ1v) is 6.55. The van der Waals surface area contributed by atoms with Crippen LogP contribution in [0.25, 0.3) is 0 Å². The van der Waals surface area contributed by atoms with Crippen LogP contribution in [0.3, 0.4) is 0 Å². The third-order valence-electron chi connectivity index (χ3n) is 2.66. The zero-order valence-electron chi connectivity index (χ0n) is 10.6. The van der Waals surface area contributed by atoms with Gasteiger partial charge in [0.05, 0.1) is 5.92 Å². The van der Waals surface area contributed by atoms with Crippen molar-refractivity contribution >= 4 is 29.3 Å². The van der Waals surface area contributed by atoms with Gasteiger partial charge < -0.3 is 15.7 Å². The molecule has 0 radical (unpaired) electrons. The van der Waals surface area contributed by atoms with Crippen LogP contribution in [-0.2, 0) is 4.79 Å². The van der Waals surface area contributed by atoms with Crippen molar-refractivity contribution in [1.82, 2.24) is 5.32 Å². The molecule has 104 valence electrons. The summed E-state index contributed by atoms with van der Waals surface area (Å²) >= 11 is 5.45. The summed E-state index contributed by atoms with van der Waals surface area (Å²) in [5.74, 6) is -1.01. The first kappa shape index (κ1) is 15.3. The smallest absolute Gasteiger partial charge is 0.319 e. The second-order valence-corrected chi connectivity index (χ2v) is 4.37. The highest BCUT2D eigenvalue weighted by atomic mass is 35.5. The summed E-state index contributed by atoms with van der Waals surface area (Å²) in [7, 11) is 0. The quantitative estimate of drug-likeness (QED) is 0.703. The first-order valence-electron chi connectivity index (χ1n) is 6.02. The number of amides is 2. The molecule has 0 bridgehead atoms. The van der Waals surface area contributed by atoms with E-state index in [0.717, 1.165) is 5.56 Å². The lowest BCUT2D eigenvalue weighted by atomic mass is 9.96. The van der Waals surface area contributed by atoms with Gasteiger partial charge in [0.1, 0.15) is 0 Å². The van der Waals surface area contributed by atoms with E-state index in [9.17, 15) is 9.59 Å². The van der Waals surface area contributed by atoms with Crippen LogP contribution in [0.5, 0.6) is 0 Å². The number of carbonyl (C=O) groups excluding carboxylic acids is 1. The monoisotopic (exact) mass is 284 g/mol. The Bertz CT molecular complexity index is 434. The van der Waals surface area contributed by atoms with E-state index in [2.05, 4.69) is 10.6 Å². The number of carboxylic acid groups (broad SMARTS) is 1. The maximum atomic E-state index is 11.4. The van der Waals surface area contributed by atoms with Gasteiger partial charge in [-0.25, -0.2) is 4.79 Å². The van der Waals surface area contributed by atoms with Gasteiger partial charge in [-0.05, 0) is 24.1 Å². The number of carboxylic acids is 1. The van der Waals surface area contributed by atoms with E-state index in [1.807, 2.05) is 6.92 Å². The molecule has 5 nitrogen and oxygen atoms in total. The Hall–Kier alpha value is -1.75. The molecule has 0 heterocycles. The molecule has 0 aliphatic heterocycles. The van der Waals surface area contributed by atoms with Crippen LogP contribution in [-0.4, -0.2) is 29.5 Å². The van der Waals surface area contributed by atoms with Crippen LogP contribution in [0.2, 0.25) is 0 Å². The number of hydrogen-bond acceptors (Lipinski definition) is 2. The molecule has 1 atom stereocenters. The lowest BCUT2D eigenvalue weighted by molar-refractivity contribution is -0.138. The van der Waals surface area contributed by atoms with Gasteiger partial charge in [0.25, 0.3) is 0 Å². The molecule has 19 heavy (non-hydrogen) atoms. The number of nitrogens with one attached hydrogen (secondary N) is 2. The number of benzene rings is 1. The highest BCUT2D eigenvalue weighted by Gasteiger charge is 2.17. The summed E-state index contributed by atoms with van der Waals surface area (Å²) in [6.45, 7) is 2.22.